The highest BCUT2D eigenvalue weighted by Gasteiger charge is 2.28. The third kappa shape index (κ3) is 2.95. The highest BCUT2D eigenvalue weighted by atomic mass is 28.4. The van der Waals surface area contributed by atoms with Crippen LogP contribution in [0.3, 0.4) is 0 Å². The standard InChI is InChI=1S/C10H16O2Si/c1-3-9-12-13(2,11)10-7-5-4-6-8-10/h4-8,11H,3,9H2,1-2H3. The van der Waals surface area contributed by atoms with Gasteiger partial charge in [0, 0.05) is 6.61 Å². The lowest BCUT2D eigenvalue weighted by Gasteiger charge is -2.20. The first-order chi connectivity index (χ1) is 6.17. The van der Waals surface area contributed by atoms with Gasteiger partial charge in [-0.2, -0.15) is 0 Å². The first kappa shape index (κ1) is 10.4. The first-order valence-electron chi connectivity index (χ1n) is 4.58. The third-order valence-electron chi connectivity index (χ3n) is 1.90. The van der Waals surface area contributed by atoms with Gasteiger partial charge in [0.2, 0.25) is 0 Å². The van der Waals surface area contributed by atoms with Crippen molar-refractivity contribution in [1.29, 1.82) is 0 Å². The molecule has 0 fully saturated rings. The summed E-state index contributed by atoms with van der Waals surface area (Å²) in [6, 6.07) is 9.62. The zero-order valence-corrected chi connectivity index (χ0v) is 9.16. The summed E-state index contributed by atoms with van der Waals surface area (Å²) in [5.74, 6) is 0. The predicted octanol–water partition coefficient (Wildman–Crippen LogP) is 1.38. The van der Waals surface area contributed by atoms with Crippen molar-refractivity contribution in [1.82, 2.24) is 0 Å². The summed E-state index contributed by atoms with van der Waals surface area (Å²) in [7, 11) is -2.60. The van der Waals surface area contributed by atoms with Crippen molar-refractivity contribution in [3.63, 3.8) is 0 Å². The second kappa shape index (κ2) is 4.55. The fraction of sp³-hybridized carbons (Fsp3) is 0.400. The Morgan fingerprint density at radius 1 is 1.31 bits per heavy atom. The van der Waals surface area contributed by atoms with Gasteiger partial charge >= 0.3 is 8.56 Å². The van der Waals surface area contributed by atoms with E-state index < -0.39 is 8.56 Å². The number of hydrogen-bond donors (Lipinski definition) is 1. The average Bonchev–Trinajstić information content (AvgIpc) is 2.16. The van der Waals surface area contributed by atoms with Gasteiger partial charge in [-0.3, -0.25) is 0 Å². The molecule has 0 saturated heterocycles. The van der Waals surface area contributed by atoms with Gasteiger partial charge in [0.15, 0.2) is 0 Å². The van der Waals surface area contributed by atoms with E-state index in [1.165, 1.54) is 0 Å². The maximum absolute atomic E-state index is 10.0. The number of hydrogen-bond acceptors (Lipinski definition) is 2. The minimum absolute atomic E-state index is 0.633. The lowest BCUT2D eigenvalue weighted by molar-refractivity contribution is 0.248. The molecule has 0 aliphatic rings. The van der Waals surface area contributed by atoms with Crippen molar-refractivity contribution < 1.29 is 9.22 Å². The molecule has 0 heterocycles. The summed E-state index contributed by atoms with van der Waals surface area (Å²) in [6.45, 7) is 4.47. The van der Waals surface area contributed by atoms with Crippen LogP contribution in [0, 0.1) is 0 Å². The lowest BCUT2D eigenvalue weighted by atomic mass is 10.4. The summed E-state index contributed by atoms with van der Waals surface area (Å²) in [6.07, 6.45) is 0.940. The molecular formula is C10H16O2Si. The van der Waals surface area contributed by atoms with E-state index in [2.05, 4.69) is 0 Å². The van der Waals surface area contributed by atoms with Gasteiger partial charge in [0.25, 0.3) is 0 Å². The molecule has 0 aliphatic carbocycles. The van der Waals surface area contributed by atoms with E-state index in [1.54, 1.807) is 6.55 Å². The summed E-state index contributed by atoms with van der Waals surface area (Å²) in [4.78, 5) is 10.0. The molecule has 0 amide bonds. The average molecular weight is 196 g/mol. The van der Waals surface area contributed by atoms with Crippen molar-refractivity contribution in [2.24, 2.45) is 0 Å². The Balaban J connectivity index is 2.69. The second-order valence-corrected chi connectivity index (χ2v) is 6.03. The molecule has 1 rings (SSSR count). The van der Waals surface area contributed by atoms with Gasteiger partial charge in [-0.15, -0.1) is 0 Å². The Hall–Kier alpha value is -0.643. The Bertz CT molecular complexity index is 246. The normalized spacial score (nSPS) is 15.3. The highest BCUT2D eigenvalue weighted by Crippen LogP contribution is 2.01. The third-order valence-corrected chi connectivity index (χ3v) is 4.07. The molecule has 72 valence electrons. The Kier molecular flexibility index (Phi) is 3.66. The maximum Gasteiger partial charge on any atom is 0.366 e. The Morgan fingerprint density at radius 2 is 1.92 bits per heavy atom. The van der Waals surface area contributed by atoms with Crippen molar-refractivity contribution in [2.75, 3.05) is 6.61 Å². The second-order valence-electron chi connectivity index (χ2n) is 3.20. The van der Waals surface area contributed by atoms with Gasteiger partial charge in [0.1, 0.15) is 0 Å². The van der Waals surface area contributed by atoms with Gasteiger partial charge in [-0.05, 0) is 18.2 Å². The van der Waals surface area contributed by atoms with Crippen molar-refractivity contribution in [3.8, 4) is 0 Å². The van der Waals surface area contributed by atoms with Crippen LogP contribution in [0.2, 0.25) is 6.55 Å². The van der Waals surface area contributed by atoms with Gasteiger partial charge in [-0.25, -0.2) is 0 Å². The Labute approximate surface area is 80.4 Å². The first-order valence-corrected chi connectivity index (χ1v) is 6.94. The lowest BCUT2D eigenvalue weighted by Crippen LogP contribution is -2.48. The van der Waals surface area contributed by atoms with Crippen LogP contribution in [0.4, 0.5) is 0 Å². The predicted molar refractivity (Wildman–Crippen MR) is 56.2 cm³/mol. The molecular weight excluding hydrogens is 180 g/mol. The van der Waals surface area contributed by atoms with Crippen LogP contribution in [0.25, 0.3) is 0 Å². The van der Waals surface area contributed by atoms with Crippen LogP contribution in [-0.4, -0.2) is 20.0 Å². The van der Waals surface area contributed by atoms with E-state index in [0.29, 0.717) is 6.61 Å². The molecule has 0 saturated carbocycles. The molecule has 1 unspecified atom stereocenters. The van der Waals surface area contributed by atoms with Crippen LogP contribution >= 0.6 is 0 Å². The summed E-state index contributed by atoms with van der Waals surface area (Å²) in [5, 5.41) is 0.934. The molecule has 0 radical (unpaired) electrons. The molecule has 1 atom stereocenters. The zero-order valence-electron chi connectivity index (χ0n) is 8.16. The molecule has 1 N–H and O–H groups in total. The molecule has 3 heteroatoms. The minimum Gasteiger partial charge on any atom is -0.407 e. The molecule has 0 aliphatic heterocycles. The molecule has 1 aromatic carbocycles. The minimum atomic E-state index is -2.60. The van der Waals surface area contributed by atoms with Crippen LogP contribution < -0.4 is 5.19 Å². The zero-order chi connectivity index (χ0) is 9.73. The van der Waals surface area contributed by atoms with Crippen LogP contribution in [-0.2, 0) is 4.43 Å². The SMILES string of the molecule is CCCO[Si](C)(O)c1ccccc1. The van der Waals surface area contributed by atoms with Crippen LogP contribution in [0.5, 0.6) is 0 Å². The molecule has 1 aromatic rings. The largest absolute Gasteiger partial charge is 0.407 e. The topological polar surface area (TPSA) is 29.5 Å². The highest BCUT2D eigenvalue weighted by molar-refractivity contribution is 6.78. The monoisotopic (exact) mass is 196 g/mol. The number of benzene rings is 1. The molecule has 0 spiro atoms. The molecule has 13 heavy (non-hydrogen) atoms. The quantitative estimate of drug-likeness (QED) is 0.737. The van der Waals surface area contributed by atoms with E-state index in [4.69, 9.17) is 4.43 Å². The Morgan fingerprint density at radius 3 is 2.46 bits per heavy atom. The molecule has 0 bridgehead atoms. The van der Waals surface area contributed by atoms with E-state index in [1.807, 2.05) is 37.3 Å². The van der Waals surface area contributed by atoms with E-state index in [9.17, 15) is 4.80 Å². The van der Waals surface area contributed by atoms with Crippen molar-refractivity contribution in [2.45, 2.75) is 19.9 Å². The summed E-state index contributed by atoms with van der Waals surface area (Å²) >= 11 is 0. The van der Waals surface area contributed by atoms with E-state index >= 15 is 0 Å². The molecule has 2 nitrogen and oxygen atoms in total. The van der Waals surface area contributed by atoms with Crippen LogP contribution in [0.1, 0.15) is 13.3 Å². The van der Waals surface area contributed by atoms with Gasteiger partial charge in [0.05, 0.1) is 0 Å². The fourth-order valence-corrected chi connectivity index (χ4v) is 2.71. The van der Waals surface area contributed by atoms with E-state index in [-0.39, 0.29) is 0 Å². The fourth-order valence-electron chi connectivity index (χ4n) is 1.13. The summed E-state index contributed by atoms with van der Waals surface area (Å²) in [5.41, 5.74) is 0. The molecule has 0 aromatic heterocycles. The summed E-state index contributed by atoms with van der Waals surface area (Å²) < 4.78 is 5.46. The van der Waals surface area contributed by atoms with Crippen molar-refractivity contribution >= 4 is 13.7 Å². The van der Waals surface area contributed by atoms with Crippen molar-refractivity contribution in [3.05, 3.63) is 30.3 Å². The van der Waals surface area contributed by atoms with Crippen LogP contribution in [0.15, 0.2) is 30.3 Å². The van der Waals surface area contributed by atoms with Gasteiger partial charge in [-0.1, -0.05) is 37.3 Å². The van der Waals surface area contributed by atoms with Gasteiger partial charge < -0.3 is 9.22 Å². The smallest absolute Gasteiger partial charge is 0.366 e. The van der Waals surface area contributed by atoms with E-state index in [0.717, 1.165) is 11.6 Å². The number of rotatable bonds is 4. The maximum atomic E-state index is 10.0.